The predicted octanol–water partition coefficient (Wildman–Crippen LogP) is 2.38. The van der Waals surface area contributed by atoms with E-state index in [0.717, 1.165) is 24.0 Å². The van der Waals surface area contributed by atoms with Gasteiger partial charge in [-0.3, -0.25) is 4.79 Å². The van der Waals surface area contributed by atoms with Gasteiger partial charge in [-0.2, -0.15) is 0 Å². The van der Waals surface area contributed by atoms with Crippen molar-refractivity contribution in [1.82, 2.24) is 10.3 Å². The first-order valence-electron chi connectivity index (χ1n) is 6.13. The molecule has 2 heterocycles. The molecule has 0 saturated heterocycles. The maximum atomic E-state index is 11.9. The molecule has 1 atom stereocenters. The van der Waals surface area contributed by atoms with Crippen LogP contribution in [-0.4, -0.2) is 23.0 Å². The maximum absolute atomic E-state index is 11.9. The molecular formula is C13H15N3OS. The van der Waals surface area contributed by atoms with E-state index in [9.17, 15) is 4.79 Å². The fraction of sp³-hybridized carbons (Fsp3) is 0.385. The maximum Gasteiger partial charge on any atom is 0.242 e. The summed E-state index contributed by atoms with van der Waals surface area (Å²) in [6.45, 7) is 1.87. The fourth-order valence-corrected chi connectivity index (χ4v) is 2.62. The molecule has 2 N–H and O–H groups in total. The Balaban J connectivity index is 1.74. The van der Waals surface area contributed by atoms with E-state index < -0.39 is 0 Å². The van der Waals surface area contributed by atoms with Crippen LogP contribution < -0.4 is 10.6 Å². The molecule has 0 aliphatic heterocycles. The number of amides is 1. The summed E-state index contributed by atoms with van der Waals surface area (Å²) in [5.74, 6) is 0.832. The van der Waals surface area contributed by atoms with Crippen LogP contribution in [0.2, 0.25) is 0 Å². The molecule has 1 aliphatic carbocycles. The molecule has 2 aromatic heterocycles. The Hall–Kier alpha value is -1.62. The largest absolute Gasteiger partial charge is 0.358 e. The van der Waals surface area contributed by atoms with Crippen LogP contribution in [0.4, 0.5) is 5.82 Å². The first kappa shape index (κ1) is 11.5. The van der Waals surface area contributed by atoms with E-state index in [1.165, 1.54) is 4.70 Å². The van der Waals surface area contributed by atoms with Gasteiger partial charge in [0.2, 0.25) is 5.91 Å². The lowest BCUT2D eigenvalue weighted by molar-refractivity contribution is -0.121. The minimum atomic E-state index is -0.261. The van der Waals surface area contributed by atoms with Gasteiger partial charge in [-0.25, -0.2) is 4.98 Å². The summed E-state index contributed by atoms with van der Waals surface area (Å²) in [6, 6.07) is 4.15. The van der Waals surface area contributed by atoms with Crippen molar-refractivity contribution in [1.29, 1.82) is 0 Å². The van der Waals surface area contributed by atoms with Crippen molar-refractivity contribution < 1.29 is 4.79 Å². The van der Waals surface area contributed by atoms with Gasteiger partial charge in [-0.05, 0) is 37.3 Å². The van der Waals surface area contributed by atoms with Crippen LogP contribution in [0.1, 0.15) is 19.8 Å². The molecule has 0 bridgehead atoms. The SMILES string of the molecule is CC(Nc1nccc2sccc12)C(=O)NC1CC1. The molecule has 1 fully saturated rings. The highest BCUT2D eigenvalue weighted by atomic mass is 32.1. The molecule has 1 unspecified atom stereocenters. The molecule has 1 amide bonds. The Bertz CT molecular complexity index is 576. The molecule has 1 aliphatic rings. The van der Waals surface area contributed by atoms with Crippen molar-refractivity contribution in [2.75, 3.05) is 5.32 Å². The highest BCUT2D eigenvalue weighted by molar-refractivity contribution is 7.17. The van der Waals surface area contributed by atoms with Crippen molar-refractivity contribution in [2.24, 2.45) is 0 Å². The number of aromatic nitrogens is 1. The Morgan fingerprint density at radius 1 is 1.50 bits per heavy atom. The summed E-state index contributed by atoms with van der Waals surface area (Å²) in [7, 11) is 0. The second kappa shape index (κ2) is 4.57. The number of pyridine rings is 1. The number of nitrogens with one attached hydrogen (secondary N) is 2. The first-order chi connectivity index (χ1) is 8.74. The van der Waals surface area contributed by atoms with E-state index >= 15 is 0 Å². The summed E-state index contributed by atoms with van der Waals surface area (Å²) < 4.78 is 1.18. The zero-order chi connectivity index (χ0) is 12.5. The van der Waals surface area contributed by atoms with Gasteiger partial charge in [0.25, 0.3) is 0 Å². The summed E-state index contributed by atoms with van der Waals surface area (Å²) >= 11 is 1.68. The number of hydrogen-bond acceptors (Lipinski definition) is 4. The van der Waals surface area contributed by atoms with E-state index in [4.69, 9.17) is 0 Å². The van der Waals surface area contributed by atoms with Crippen LogP contribution >= 0.6 is 11.3 Å². The molecule has 0 aromatic carbocycles. The Morgan fingerprint density at radius 3 is 3.11 bits per heavy atom. The number of nitrogens with zero attached hydrogens (tertiary/aromatic N) is 1. The minimum absolute atomic E-state index is 0.0477. The standard InChI is InChI=1S/C13H15N3OS/c1-8(13(17)16-9-2-3-9)15-12-10-5-7-18-11(10)4-6-14-12/h4-9H,2-3H2,1H3,(H,14,15)(H,16,17). The smallest absolute Gasteiger partial charge is 0.242 e. The number of thiophene rings is 1. The fourth-order valence-electron chi connectivity index (χ4n) is 1.83. The van der Waals surface area contributed by atoms with Crippen molar-refractivity contribution in [3.63, 3.8) is 0 Å². The van der Waals surface area contributed by atoms with Gasteiger partial charge in [-0.15, -0.1) is 11.3 Å². The molecule has 3 rings (SSSR count). The van der Waals surface area contributed by atoms with E-state index in [-0.39, 0.29) is 11.9 Å². The van der Waals surface area contributed by atoms with Crippen molar-refractivity contribution in [2.45, 2.75) is 31.8 Å². The van der Waals surface area contributed by atoms with Gasteiger partial charge < -0.3 is 10.6 Å². The highest BCUT2D eigenvalue weighted by Gasteiger charge is 2.25. The zero-order valence-electron chi connectivity index (χ0n) is 10.1. The average molecular weight is 261 g/mol. The molecular weight excluding hydrogens is 246 g/mol. The van der Waals surface area contributed by atoms with Crippen molar-refractivity contribution >= 4 is 33.1 Å². The molecule has 5 heteroatoms. The van der Waals surface area contributed by atoms with Crippen molar-refractivity contribution in [3.05, 3.63) is 23.7 Å². The Kier molecular flexibility index (Phi) is 2.91. The lowest BCUT2D eigenvalue weighted by atomic mass is 10.2. The topological polar surface area (TPSA) is 54.0 Å². The number of anilines is 1. The van der Waals surface area contributed by atoms with Gasteiger partial charge in [0.15, 0.2) is 0 Å². The molecule has 1 saturated carbocycles. The third-order valence-corrected chi connectivity index (χ3v) is 3.93. The molecule has 0 radical (unpaired) electrons. The summed E-state index contributed by atoms with van der Waals surface area (Å²) in [6.07, 6.45) is 3.99. The van der Waals surface area contributed by atoms with Crippen LogP contribution in [-0.2, 0) is 4.79 Å². The van der Waals surface area contributed by atoms with E-state index in [2.05, 4.69) is 15.6 Å². The van der Waals surface area contributed by atoms with Gasteiger partial charge in [0, 0.05) is 22.3 Å². The van der Waals surface area contributed by atoms with Crippen molar-refractivity contribution in [3.8, 4) is 0 Å². The third-order valence-electron chi connectivity index (χ3n) is 3.05. The second-order valence-corrected chi connectivity index (χ2v) is 5.59. The van der Waals surface area contributed by atoms with Gasteiger partial charge in [-0.1, -0.05) is 0 Å². The monoisotopic (exact) mass is 261 g/mol. The van der Waals surface area contributed by atoms with Crippen LogP contribution in [0, 0.1) is 0 Å². The normalized spacial score (nSPS) is 16.5. The Morgan fingerprint density at radius 2 is 2.33 bits per heavy atom. The molecule has 94 valence electrons. The van der Waals surface area contributed by atoms with Gasteiger partial charge in [0.05, 0.1) is 0 Å². The molecule has 0 spiro atoms. The number of carbonyl (C=O) groups is 1. The summed E-state index contributed by atoms with van der Waals surface area (Å²) in [5, 5.41) is 9.29. The number of carbonyl (C=O) groups excluding carboxylic acids is 1. The number of hydrogen-bond donors (Lipinski definition) is 2. The van der Waals surface area contributed by atoms with E-state index in [1.807, 2.05) is 24.4 Å². The lowest BCUT2D eigenvalue weighted by Gasteiger charge is -2.14. The van der Waals surface area contributed by atoms with Crippen LogP contribution in [0.3, 0.4) is 0 Å². The third kappa shape index (κ3) is 2.31. The highest BCUT2D eigenvalue weighted by Crippen LogP contribution is 2.26. The number of fused-ring (bicyclic) bond motifs is 1. The van der Waals surface area contributed by atoms with Crippen LogP contribution in [0.25, 0.3) is 10.1 Å². The minimum Gasteiger partial charge on any atom is -0.358 e. The van der Waals surface area contributed by atoms with Gasteiger partial charge in [0.1, 0.15) is 11.9 Å². The van der Waals surface area contributed by atoms with Gasteiger partial charge >= 0.3 is 0 Å². The molecule has 4 nitrogen and oxygen atoms in total. The predicted molar refractivity (Wildman–Crippen MR) is 73.9 cm³/mol. The molecule has 2 aromatic rings. The van der Waals surface area contributed by atoms with E-state index in [0.29, 0.717) is 6.04 Å². The Labute approximate surface area is 109 Å². The summed E-state index contributed by atoms with van der Waals surface area (Å²) in [5.41, 5.74) is 0. The van der Waals surface area contributed by atoms with Crippen LogP contribution in [0.5, 0.6) is 0 Å². The van der Waals surface area contributed by atoms with E-state index in [1.54, 1.807) is 17.5 Å². The lowest BCUT2D eigenvalue weighted by Crippen LogP contribution is -2.38. The summed E-state index contributed by atoms with van der Waals surface area (Å²) in [4.78, 5) is 16.2. The average Bonchev–Trinajstić information content (AvgIpc) is 3.04. The van der Waals surface area contributed by atoms with Crippen LogP contribution in [0.15, 0.2) is 23.7 Å². The molecule has 18 heavy (non-hydrogen) atoms. The second-order valence-electron chi connectivity index (χ2n) is 4.64. The quantitative estimate of drug-likeness (QED) is 0.888. The zero-order valence-corrected chi connectivity index (χ0v) is 11.0. The number of rotatable bonds is 4. The first-order valence-corrected chi connectivity index (χ1v) is 7.01.